The van der Waals surface area contributed by atoms with E-state index in [0.717, 1.165) is 36.5 Å². The number of ether oxygens (including phenoxy) is 2. The molecule has 0 aliphatic rings. The van der Waals surface area contributed by atoms with Crippen LogP contribution in [-0.2, 0) is 5.92 Å². The van der Waals surface area contributed by atoms with Crippen LogP contribution in [0.2, 0.25) is 0 Å². The standard InChI is InChI=1S/C20H13F6NO2/c21-13-3-7-16(17(22)9-13)18-8-6-15(10-27-18)28-11-20(25,26)12-1-4-14(5-2-12)29-19(23)24/h1-10,19H,11H2. The first-order valence-electron chi connectivity index (χ1n) is 8.22. The van der Waals surface area contributed by atoms with Crippen molar-refractivity contribution in [3.63, 3.8) is 0 Å². The molecule has 1 heterocycles. The fourth-order valence-corrected chi connectivity index (χ4v) is 2.46. The van der Waals surface area contributed by atoms with Gasteiger partial charge in [0.1, 0.15) is 23.1 Å². The van der Waals surface area contributed by atoms with Crippen molar-refractivity contribution < 1.29 is 35.8 Å². The van der Waals surface area contributed by atoms with E-state index in [4.69, 9.17) is 4.74 Å². The molecule has 0 aliphatic carbocycles. The number of rotatable bonds is 7. The van der Waals surface area contributed by atoms with Gasteiger partial charge in [0.15, 0.2) is 6.61 Å². The molecule has 3 nitrogen and oxygen atoms in total. The fourth-order valence-electron chi connectivity index (χ4n) is 2.46. The van der Waals surface area contributed by atoms with Gasteiger partial charge in [-0.15, -0.1) is 0 Å². The molecule has 3 rings (SSSR count). The number of halogens is 6. The molecule has 9 heteroatoms. The molecule has 0 amide bonds. The maximum absolute atomic E-state index is 14.3. The lowest BCUT2D eigenvalue weighted by Crippen LogP contribution is -2.23. The third-order valence-electron chi connectivity index (χ3n) is 3.87. The largest absolute Gasteiger partial charge is 0.485 e. The third kappa shape index (κ3) is 5.18. The average molecular weight is 413 g/mol. The topological polar surface area (TPSA) is 31.4 Å². The quantitative estimate of drug-likeness (QED) is 0.459. The summed E-state index contributed by atoms with van der Waals surface area (Å²) in [5.41, 5.74) is -0.220. The van der Waals surface area contributed by atoms with Crippen molar-refractivity contribution >= 4 is 0 Å². The summed E-state index contributed by atoms with van der Waals surface area (Å²) in [5.74, 6) is -5.19. The van der Waals surface area contributed by atoms with Crippen LogP contribution in [0.3, 0.4) is 0 Å². The lowest BCUT2D eigenvalue weighted by Gasteiger charge is -2.18. The highest BCUT2D eigenvalue weighted by Crippen LogP contribution is 2.31. The van der Waals surface area contributed by atoms with Gasteiger partial charge in [-0.3, -0.25) is 4.98 Å². The maximum Gasteiger partial charge on any atom is 0.387 e. The van der Waals surface area contributed by atoms with Gasteiger partial charge in [0.25, 0.3) is 0 Å². The van der Waals surface area contributed by atoms with Crippen LogP contribution >= 0.6 is 0 Å². The van der Waals surface area contributed by atoms with E-state index in [1.807, 2.05) is 0 Å². The van der Waals surface area contributed by atoms with E-state index in [9.17, 15) is 26.3 Å². The van der Waals surface area contributed by atoms with E-state index in [0.29, 0.717) is 6.07 Å². The van der Waals surface area contributed by atoms with Gasteiger partial charge in [-0.25, -0.2) is 8.78 Å². The van der Waals surface area contributed by atoms with Gasteiger partial charge in [0.05, 0.1) is 11.9 Å². The lowest BCUT2D eigenvalue weighted by molar-refractivity contribution is -0.0510. The first-order valence-corrected chi connectivity index (χ1v) is 8.22. The Labute approximate surface area is 161 Å². The SMILES string of the molecule is Fc1ccc(-c2ccc(OCC(F)(F)c3ccc(OC(F)F)cc3)cn2)c(F)c1. The van der Waals surface area contributed by atoms with Crippen molar-refractivity contribution in [2.45, 2.75) is 12.5 Å². The Morgan fingerprint density at radius 3 is 2.17 bits per heavy atom. The minimum atomic E-state index is -3.41. The summed E-state index contributed by atoms with van der Waals surface area (Å²) in [7, 11) is 0. The second-order valence-electron chi connectivity index (χ2n) is 5.90. The third-order valence-corrected chi connectivity index (χ3v) is 3.87. The number of alkyl halides is 4. The summed E-state index contributed by atoms with van der Waals surface area (Å²) in [5, 5.41) is 0. The van der Waals surface area contributed by atoms with Crippen LogP contribution in [0.5, 0.6) is 11.5 Å². The molecular formula is C20H13F6NO2. The summed E-state index contributed by atoms with van der Waals surface area (Å²) in [6.07, 6.45) is 1.13. The summed E-state index contributed by atoms with van der Waals surface area (Å²) in [4.78, 5) is 3.93. The normalized spacial score (nSPS) is 11.6. The smallest absolute Gasteiger partial charge is 0.387 e. The van der Waals surface area contributed by atoms with Crippen LogP contribution in [0, 0.1) is 11.6 Å². The summed E-state index contributed by atoms with van der Waals surface area (Å²) in [6, 6.07) is 9.58. The average Bonchev–Trinajstić information content (AvgIpc) is 2.67. The molecule has 2 aromatic carbocycles. The van der Waals surface area contributed by atoms with E-state index in [1.165, 1.54) is 18.2 Å². The summed E-state index contributed by atoms with van der Waals surface area (Å²) >= 11 is 0. The van der Waals surface area contributed by atoms with Crippen molar-refractivity contribution in [2.24, 2.45) is 0 Å². The first kappa shape index (κ1) is 20.5. The van der Waals surface area contributed by atoms with Gasteiger partial charge in [-0.1, -0.05) is 0 Å². The number of nitrogens with zero attached hydrogens (tertiary/aromatic N) is 1. The number of hydrogen-bond donors (Lipinski definition) is 0. The highest BCUT2D eigenvalue weighted by molar-refractivity contribution is 5.60. The van der Waals surface area contributed by atoms with Gasteiger partial charge < -0.3 is 9.47 Å². The van der Waals surface area contributed by atoms with Crippen LogP contribution in [0.15, 0.2) is 60.8 Å². The van der Waals surface area contributed by atoms with E-state index < -0.39 is 36.3 Å². The van der Waals surface area contributed by atoms with Crippen molar-refractivity contribution in [1.82, 2.24) is 4.98 Å². The van der Waals surface area contributed by atoms with E-state index in [2.05, 4.69) is 9.72 Å². The maximum atomic E-state index is 14.3. The van der Waals surface area contributed by atoms with Gasteiger partial charge >= 0.3 is 12.5 Å². The zero-order valence-corrected chi connectivity index (χ0v) is 14.6. The van der Waals surface area contributed by atoms with Gasteiger partial charge in [0.2, 0.25) is 0 Å². The van der Waals surface area contributed by atoms with Crippen molar-refractivity contribution in [1.29, 1.82) is 0 Å². The Morgan fingerprint density at radius 2 is 1.59 bits per heavy atom. The molecule has 0 bridgehead atoms. The molecule has 0 spiro atoms. The van der Waals surface area contributed by atoms with E-state index >= 15 is 0 Å². The molecule has 3 aromatic rings. The molecular weight excluding hydrogens is 400 g/mol. The molecule has 0 fully saturated rings. The fraction of sp³-hybridized carbons (Fsp3) is 0.150. The molecule has 0 N–H and O–H groups in total. The van der Waals surface area contributed by atoms with Gasteiger partial charge in [-0.05, 0) is 48.5 Å². The van der Waals surface area contributed by atoms with Crippen LogP contribution in [0.25, 0.3) is 11.3 Å². The van der Waals surface area contributed by atoms with E-state index in [1.54, 1.807) is 0 Å². The molecule has 0 radical (unpaired) electrons. The number of benzene rings is 2. The monoisotopic (exact) mass is 413 g/mol. The zero-order valence-electron chi connectivity index (χ0n) is 14.6. The second-order valence-corrected chi connectivity index (χ2v) is 5.90. The van der Waals surface area contributed by atoms with Crippen molar-refractivity contribution in [2.75, 3.05) is 6.61 Å². The molecule has 152 valence electrons. The lowest BCUT2D eigenvalue weighted by atomic mass is 10.1. The molecule has 0 saturated carbocycles. The molecule has 0 unspecified atom stereocenters. The number of hydrogen-bond acceptors (Lipinski definition) is 3. The first-order chi connectivity index (χ1) is 13.7. The summed E-state index contributed by atoms with van der Waals surface area (Å²) < 4.78 is 88.6. The van der Waals surface area contributed by atoms with Gasteiger partial charge in [-0.2, -0.15) is 17.6 Å². The molecule has 0 saturated heterocycles. The van der Waals surface area contributed by atoms with Crippen molar-refractivity contribution in [3.8, 4) is 22.8 Å². The molecule has 0 atom stereocenters. The predicted molar refractivity (Wildman–Crippen MR) is 92.1 cm³/mol. The van der Waals surface area contributed by atoms with Gasteiger partial charge in [0, 0.05) is 17.2 Å². The Bertz CT molecular complexity index is 962. The Morgan fingerprint density at radius 1 is 0.897 bits per heavy atom. The van der Waals surface area contributed by atoms with E-state index in [-0.39, 0.29) is 22.8 Å². The zero-order chi connectivity index (χ0) is 21.0. The van der Waals surface area contributed by atoms with Crippen LogP contribution in [0.4, 0.5) is 26.3 Å². The highest BCUT2D eigenvalue weighted by Gasteiger charge is 2.33. The Kier molecular flexibility index (Phi) is 5.95. The second kappa shape index (κ2) is 8.42. The molecule has 29 heavy (non-hydrogen) atoms. The minimum Gasteiger partial charge on any atom is -0.485 e. The predicted octanol–water partition coefficient (Wildman–Crippen LogP) is 5.80. The Hall–Kier alpha value is -3.23. The van der Waals surface area contributed by atoms with Crippen molar-refractivity contribution in [3.05, 3.63) is 78.0 Å². The molecule has 1 aromatic heterocycles. The number of pyridine rings is 1. The van der Waals surface area contributed by atoms with Crippen LogP contribution < -0.4 is 9.47 Å². The highest BCUT2D eigenvalue weighted by atomic mass is 19.3. The minimum absolute atomic E-state index is 0.00796. The summed E-state index contributed by atoms with van der Waals surface area (Å²) in [6.45, 7) is -4.09. The Balaban J connectivity index is 1.65. The molecule has 0 aliphatic heterocycles. The van der Waals surface area contributed by atoms with Crippen LogP contribution in [0.1, 0.15) is 5.56 Å². The number of aromatic nitrogens is 1. The van der Waals surface area contributed by atoms with Crippen LogP contribution in [-0.4, -0.2) is 18.2 Å².